The Morgan fingerprint density at radius 3 is 2.71 bits per heavy atom. The summed E-state index contributed by atoms with van der Waals surface area (Å²) in [5.74, 6) is 0.834. The molecule has 0 radical (unpaired) electrons. The van der Waals surface area contributed by atoms with E-state index >= 15 is 0 Å². The average Bonchev–Trinajstić information content (AvgIpc) is 2.49. The van der Waals surface area contributed by atoms with Gasteiger partial charge >= 0.3 is 0 Å². The van der Waals surface area contributed by atoms with E-state index in [0.717, 1.165) is 31.7 Å². The lowest BCUT2D eigenvalue weighted by Gasteiger charge is -2.24. The Hall–Kier alpha value is -1.06. The van der Waals surface area contributed by atoms with Crippen LogP contribution in [0.2, 0.25) is 0 Å². The van der Waals surface area contributed by atoms with E-state index in [1.165, 1.54) is 18.4 Å². The summed E-state index contributed by atoms with van der Waals surface area (Å²) in [5, 5.41) is 3.45. The quantitative estimate of drug-likeness (QED) is 0.907. The third-order valence-corrected chi connectivity index (χ3v) is 4.19. The monoisotopic (exact) mass is 310 g/mol. The minimum Gasteiger partial charge on any atom is -0.343 e. The fourth-order valence-corrected chi connectivity index (χ4v) is 2.96. The van der Waals surface area contributed by atoms with Gasteiger partial charge in [-0.2, -0.15) is 0 Å². The molecule has 1 aliphatic rings. The molecule has 0 aliphatic carbocycles. The second-order valence-corrected chi connectivity index (χ2v) is 5.53. The van der Waals surface area contributed by atoms with Gasteiger partial charge in [-0.3, -0.25) is 4.79 Å². The molecule has 4 heteroatoms. The first kappa shape index (κ1) is 18.0. The Labute approximate surface area is 134 Å². The molecule has 1 saturated heterocycles. The van der Waals surface area contributed by atoms with Crippen molar-refractivity contribution in [3.8, 4) is 0 Å². The Morgan fingerprint density at radius 1 is 1.33 bits per heavy atom. The van der Waals surface area contributed by atoms with Gasteiger partial charge < -0.3 is 10.2 Å². The molecule has 1 aromatic rings. The first-order chi connectivity index (χ1) is 9.74. The molecule has 1 amide bonds. The predicted molar refractivity (Wildman–Crippen MR) is 90.2 cm³/mol. The second kappa shape index (κ2) is 9.06. The van der Waals surface area contributed by atoms with E-state index < -0.39 is 0 Å². The summed E-state index contributed by atoms with van der Waals surface area (Å²) < 4.78 is 0. The molecule has 1 aromatic carbocycles. The molecule has 0 saturated carbocycles. The third-order valence-electron chi connectivity index (χ3n) is 4.19. The lowest BCUT2D eigenvalue weighted by Crippen LogP contribution is -2.32. The van der Waals surface area contributed by atoms with Gasteiger partial charge in [0.15, 0.2) is 0 Å². The first-order valence-electron chi connectivity index (χ1n) is 7.82. The Balaban J connectivity index is 0.00000220. The largest absolute Gasteiger partial charge is 0.343 e. The van der Waals surface area contributed by atoms with Gasteiger partial charge in [-0.25, -0.2) is 0 Å². The van der Waals surface area contributed by atoms with Crippen LogP contribution in [0, 0.1) is 0 Å². The Bertz CT molecular complexity index is 440. The molecular weight excluding hydrogens is 284 g/mol. The van der Waals surface area contributed by atoms with E-state index in [2.05, 4.69) is 29.6 Å². The molecule has 2 rings (SSSR count). The van der Waals surface area contributed by atoms with Crippen molar-refractivity contribution in [3.05, 3.63) is 35.4 Å². The van der Waals surface area contributed by atoms with Crippen LogP contribution < -0.4 is 5.32 Å². The van der Waals surface area contributed by atoms with Crippen LogP contribution in [-0.4, -0.2) is 37.0 Å². The molecule has 1 fully saturated rings. The van der Waals surface area contributed by atoms with Gasteiger partial charge in [-0.05, 0) is 50.3 Å². The highest BCUT2D eigenvalue weighted by Gasteiger charge is 2.16. The maximum Gasteiger partial charge on any atom is 0.226 e. The van der Waals surface area contributed by atoms with Crippen LogP contribution in [0.4, 0.5) is 0 Å². The maximum absolute atomic E-state index is 12.2. The van der Waals surface area contributed by atoms with Crippen LogP contribution in [0.15, 0.2) is 24.3 Å². The molecule has 1 atom stereocenters. The van der Waals surface area contributed by atoms with E-state index in [-0.39, 0.29) is 18.3 Å². The number of nitrogens with zero attached hydrogens (tertiary/aromatic N) is 1. The zero-order chi connectivity index (χ0) is 14.4. The van der Waals surface area contributed by atoms with Gasteiger partial charge in [0.05, 0.1) is 6.42 Å². The van der Waals surface area contributed by atoms with Gasteiger partial charge in [0, 0.05) is 19.6 Å². The molecular formula is C17H27ClN2O. The molecule has 1 heterocycles. The number of likely N-dealkylation sites (N-methyl/N-ethyl adjacent to an activating group) is 1. The van der Waals surface area contributed by atoms with Gasteiger partial charge in [0.2, 0.25) is 5.91 Å². The normalized spacial score (nSPS) is 17.9. The van der Waals surface area contributed by atoms with Crippen molar-refractivity contribution in [2.75, 3.05) is 26.2 Å². The fraction of sp³-hybridized carbons (Fsp3) is 0.588. The van der Waals surface area contributed by atoms with Crippen LogP contribution in [0.3, 0.4) is 0 Å². The van der Waals surface area contributed by atoms with E-state index in [9.17, 15) is 4.79 Å². The van der Waals surface area contributed by atoms with Gasteiger partial charge in [-0.15, -0.1) is 12.4 Å². The number of piperidine rings is 1. The number of halogens is 1. The molecule has 0 spiro atoms. The summed E-state index contributed by atoms with van der Waals surface area (Å²) >= 11 is 0. The topological polar surface area (TPSA) is 32.3 Å². The van der Waals surface area contributed by atoms with Crippen molar-refractivity contribution in [1.29, 1.82) is 0 Å². The van der Waals surface area contributed by atoms with Crippen molar-refractivity contribution in [2.45, 2.75) is 39.0 Å². The lowest BCUT2D eigenvalue weighted by atomic mass is 9.90. The minimum atomic E-state index is 0. The summed E-state index contributed by atoms with van der Waals surface area (Å²) in [7, 11) is 0. The summed E-state index contributed by atoms with van der Waals surface area (Å²) in [4.78, 5) is 14.1. The lowest BCUT2D eigenvalue weighted by molar-refractivity contribution is -0.130. The standard InChI is InChI=1S/C17H26N2O.ClH/c1-3-19(4-2)17(20)12-14-7-5-8-15(11-14)16-9-6-10-18-13-16;/h5,7-8,11,16,18H,3-4,6,9-10,12-13H2,1-2H3;1H. The SMILES string of the molecule is CCN(CC)C(=O)Cc1cccc(C2CCCNC2)c1.Cl. The van der Waals surface area contributed by atoms with Crippen LogP contribution in [0.25, 0.3) is 0 Å². The Kier molecular flexibility index (Phi) is 7.76. The maximum atomic E-state index is 12.2. The number of hydrogen-bond donors (Lipinski definition) is 1. The van der Waals surface area contributed by atoms with E-state index in [0.29, 0.717) is 12.3 Å². The second-order valence-electron chi connectivity index (χ2n) is 5.53. The van der Waals surface area contributed by atoms with Crippen LogP contribution in [-0.2, 0) is 11.2 Å². The molecule has 1 N–H and O–H groups in total. The number of carbonyl (C=O) groups is 1. The predicted octanol–water partition coefficient (Wildman–Crippen LogP) is 2.99. The van der Waals surface area contributed by atoms with Gasteiger partial charge in [-0.1, -0.05) is 24.3 Å². The number of rotatable bonds is 5. The van der Waals surface area contributed by atoms with Crippen molar-refractivity contribution in [2.24, 2.45) is 0 Å². The van der Waals surface area contributed by atoms with E-state index in [1.807, 2.05) is 18.7 Å². The van der Waals surface area contributed by atoms with Gasteiger partial charge in [0.25, 0.3) is 0 Å². The highest BCUT2D eigenvalue weighted by Crippen LogP contribution is 2.24. The third kappa shape index (κ3) is 5.01. The first-order valence-corrected chi connectivity index (χ1v) is 7.82. The van der Waals surface area contributed by atoms with E-state index in [4.69, 9.17) is 0 Å². The average molecular weight is 311 g/mol. The summed E-state index contributed by atoms with van der Waals surface area (Å²) in [6.07, 6.45) is 3.02. The number of nitrogens with one attached hydrogen (secondary N) is 1. The van der Waals surface area contributed by atoms with Gasteiger partial charge in [0.1, 0.15) is 0 Å². The number of hydrogen-bond acceptors (Lipinski definition) is 2. The Morgan fingerprint density at radius 2 is 2.10 bits per heavy atom. The van der Waals surface area contributed by atoms with Crippen LogP contribution >= 0.6 is 12.4 Å². The molecule has 3 nitrogen and oxygen atoms in total. The summed E-state index contributed by atoms with van der Waals surface area (Å²) in [6.45, 7) is 7.85. The molecule has 118 valence electrons. The fourth-order valence-electron chi connectivity index (χ4n) is 2.96. The number of amides is 1. The van der Waals surface area contributed by atoms with Crippen LogP contribution in [0.1, 0.15) is 43.7 Å². The molecule has 0 bridgehead atoms. The number of carbonyl (C=O) groups excluding carboxylic acids is 1. The highest BCUT2D eigenvalue weighted by molar-refractivity contribution is 5.85. The number of benzene rings is 1. The highest BCUT2D eigenvalue weighted by atomic mass is 35.5. The van der Waals surface area contributed by atoms with E-state index in [1.54, 1.807) is 0 Å². The summed E-state index contributed by atoms with van der Waals surface area (Å²) in [6, 6.07) is 8.58. The van der Waals surface area contributed by atoms with Crippen molar-refractivity contribution in [3.63, 3.8) is 0 Å². The molecule has 21 heavy (non-hydrogen) atoms. The minimum absolute atomic E-state index is 0. The van der Waals surface area contributed by atoms with Crippen molar-refractivity contribution < 1.29 is 4.79 Å². The van der Waals surface area contributed by atoms with Crippen molar-refractivity contribution in [1.82, 2.24) is 10.2 Å². The zero-order valence-electron chi connectivity index (χ0n) is 13.1. The smallest absolute Gasteiger partial charge is 0.226 e. The summed E-state index contributed by atoms with van der Waals surface area (Å²) in [5.41, 5.74) is 2.52. The zero-order valence-corrected chi connectivity index (χ0v) is 13.9. The van der Waals surface area contributed by atoms with Crippen LogP contribution in [0.5, 0.6) is 0 Å². The molecule has 1 unspecified atom stereocenters. The van der Waals surface area contributed by atoms with Crippen molar-refractivity contribution >= 4 is 18.3 Å². The molecule has 1 aliphatic heterocycles. The molecule has 0 aromatic heterocycles.